The molecule has 2 N–H and O–H groups in total. The largest absolute Gasteiger partial charge is 0.508 e. The van der Waals surface area contributed by atoms with Gasteiger partial charge in [-0.05, 0) is 35.0 Å². The van der Waals surface area contributed by atoms with Crippen LogP contribution in [0.4, 0.5) is 0 Å². The molecule has 0 saturated carbocycles. The summed E-state index contributed by atoms with van der Waals surface area (Å²) in [5.41, 5.74) is 0.0883. The summed E-state index contributed by atoms with van der Waals surface area (Å²) in [5, 5.41) is 22.2. The SMILES string of the molecule is O=C(N=C1N=c2ccc(O)cc2=N1)c1cc2ccccc2cc1O. The van der Waals surface area contributed by atoms with E-state index in [1.54, 1.807) is 12.1 Å². The second-order valence-electron chi connectivity index (χ2n) is 5.33. The van der Waals surface area contributed by atoms with Gasteiger partial charge in [0.05, 0.1) is 16.3 Å². The van der Waals surface area contributed by atoms with Crippen molar-refractivity contribution < 1.29 is 15.0 Å². The Morgan fingerprint density at radius 1 is 0.875 bits per heavy atom. The van der Waals surface area contributed by atoms with Gasteiger partial charge in [-0.3, -0.25) is 4.79 Å². The number of benzene rings is 3. The summed E-state index contributed by atoms with van der Waals surface area (Å²) >= 11 is 0. The lowest BCUT2D eigenvalue weighted by atomic mass is 10.1. The molecule has 6 nitrogen and oxygen atoms in total. The van der Waals surface area contributed by atoms with Gasteiger partial charge in [-0.1, -0.05) is 24.3 Å². The molecule has 1 heterocycles. The molecule has 0 atom stereocenters. The molecular formula is C18H11N3O3. The molecule has 0 saturated heterocycles. The summed E-state index contributed by atoms with van der Waals surface area (Å²) in [6.07, 6.45) is 0. The highest BCUT2D eigenvalue weighted by molar-refractivity contribution is 6.07. The van der Waals surface area contributed by atoms with Crippen LogP contribution in [0.2, 0.25) is 0 Å². The number of rotatable bonds is 1. The molecule has 3 aromatic rings. The van der Waals surface area contributed by atoms with Gasteiger partial charge in [-0.15, -0.1) is 0 Å². The third kappa shape index (κ3) is 2.40. The third-order valence-corrected chi connectivity index (χ3v) is 3.70. The molecule has 1 amide bonds. The van der Waals surface area contributed by atoms with E-state index in [0.717, 1.165) is 10.8 Å². The fraction of sp³-hybridized carbons (Fsp3) is 0. The van der Waals surface area contributed by atoms with E-state index >= 15 is 0 Å². The molecule has 116 valence electrons. The van der Waals surface area contributed by atoms with Crippen molar-refractivity contribution in [3.8, 4) is 11.5 Å². The maximum absolute atomic E-state index is 12.4. The standard InChI is InChI=1S/C18H11N3O3/c22-12-5-6-14-15(9-12)20-18(19-14)21-17(24)13-7-10-3-1-2-4-11(10)8-16(13)23/h1-9,22-23H. The van der Waals surface area contributed by atoms with Gasteiger partial charge in [0.1, 0.15) is 11.5 Å². The number of hydrogen-bond acceptors (Lipinski definition) is 3. The lowest BCUT2D eigenvalue weighted by Crippen LogP contribution is -2.20. The Bertz CT molecular complexity index is 1150. The summed E-state index contributed by atoms with van der Waals surface area (Å²) in [7, 11) is 0. The van der Waals surface area contributed by atoms with Crippen molar-refractivity contribution in [2.45, 2.75) is 0 Å². The van der Waals surface area contributed by atoms with Crippen LogP contribution in [0.5, 0.6) is 11.5 Å². The summed E-state index contributed by atoms with van der Waals surface area (Å²) in [5.74, 6) is -0.713. The van der Waals surface area contributed by atoms with Crippen molar-refractivity contribution >= 4 is 22.6 Å². The Kier molecular flexibility index (Phi) is 3.09. The number of carbonyl (C=O) groups excluding carboxylic acids is 1. The first-order valence-corrected chi connectivity index (χ1v) is 7.21. The zero-order chi connectivity index (χ0) is 16.7. The fourth-order valence-corrected chi connectivity index (χ4v) is 2.54. The Balaban J connectivity index is 1.76. The zero-order valence-corrected chi connectivity index (χ0v) is 12.3. The van der Waals surface area contributed by atoms with E-state index < -0.39 is 5.91 Å². The molecule has 0 bridgehead atoms. The van der Waals surface area contributed by atoms with Crippen LogP contribution in [0, 0.1) is 0 Å². The van der Waals surface area contributed by atoms with Gasteiger partial charge in [0.15, 0.2) is 0 Å². The number of nitrogens with zero attached hydrogens (tertiary/aromatic N) is 3. The number of amides is 1. The number of guanidine groups is 1. The number of hydrogen-bond donors (Lipinski definition) is 2. The van der Waals surface area contributed by atoms with Crippen LogP contribution in [0.1, 0.15) is 10.4 Å². The fourth-order valence-electron chi connectivity index (χ4n) is 2.54. The summed E-state index contributed by atoms with van der Waals surface area (Å²) < 4.78 is 0. The van der Waals surface area contributed by atoms with Crippen LogP contribution in [0.25, 0.3) is 10.8 Å². The van der Waals surface area contributed by atoms with Gasteiger partial charge in [-0.25, -0.2) is 9.98 Å². The molecule has 0 aromatic heterocycles. The van der Waals surface area contributed by atoms with Crippen LogP contribution in [0.15, 0.2) is 69.6 Å². The topological polar surface area (TPSA) is 94.6 Å². The van der Waals surface area contributed by atoms with Crippen molar-refractivity contribution in [3.63, 3.8) is 0 Å². The normalized spacial score (nSPS) is 14.2. The highest BCUT2D eigenvalue weighted by Gasteiger charge is 2.14. The molecule has 4 rings (SSSR count). The molecule has 1 aliphatic heterocycles. The average Bonchev–Trinajstić information content (AvgIpc) is 2.95. The quantitative estimate of drug-likeness (QED) is 0.715. The van der Waals surface area contributed by atoms with E-state index in [2.05, 4.69) is 15.0 Å². The summed E-state index contributed by atoms with van der Waals surface area (Å²) in [6, 6.07) is 15.0. The van der Waals surface area contributed by atoms with E-state index in [1.165, 1.54) is 18.2 Å². The molecule has 3 aromatic carbocycles. The maximum Gasteiger partial charge on any atom is 0.284 e. The second kappa shape index (κ2) is 5.27. The Hall–Kier alpha value is -3.54. The van der Waals surface area contributed by atoms with Gasteiger partial charge < -0.3 is 10.2 Å². The third-order valence-electron chi connectivity index (χ3n) is 3.70. The van der Waals surface area contributed by atoms with E-state index in [-0.39, 0.29) is 23.0 Å². The number of phenols is 2. The predicted octanol–water partition coefficient (Wildman–Crippen LogP) is 1.70. The van der Waals surface area contributed by atoms with Crippen molar-refractivity contribution in [3.05, 3.63) is 70.9 Å². The summed E-state index contributed by atoms with van der Waals surface area (Å²) in [6.45, 7) is 0. The van der Waals surface area contributed by atoms with Crippen LogP contribution < -0.4 is 10.7 Å². The highest BCUT2D eigenvalue weighted by Crippen LogP contribution is 2.25. The van der Waals surface area contributed by atoms with Crippen LogP contribution in [-0.4, -0.2) is 22.1 Å². The van der Waals surface area contributed by atoms with E-state index in [0.29, 0.717) is 10.7 Å². The molecule has 24 heavy (non-hydrogen) atoms. The van der Waals surface area contributed by atoms with Gasteiger partial charge in [-0.2, -0.15) is 4.99 Å². The number of phenolic OH excluding ortho intramolecular Hbond substituents is 2. The van der Waals surface area contributed by atoms with E-state index in [1.807, 2.05) is 24.3 Å². The summed E-state index contributed by atoms with van der Waals surface area (Å²) in [4.78, 5) is 24.4. The molecule has 0 fully saturated rings. The minimum absolute atomic E-state index is 0.00633. The first kappa shape index (κ1) is 14.1. The lowest BCUT2D eigenvalue weighted by Gasteiger charge is -2.03. The predicted molar refractivity (Wildman–Crippen MR) is 87.8 cm³/mol. The van der Waals surface area contributed by atoms with Crippen LogP contribution >= 0.6 is 0 Å². The number of aromatic hydroxyl groups is 2. The molecular weight excluding hydrogens is 306 g/mol. The minimum Gasteiger partial charge on any atom is -0.508 e. The monoisotopic (exact) mass is 317 g/mol. The van der Waals surface area contributed by atoms with Crippen molar-refractivity contribution in [2.24, 2.45) is 15.0 Å². The zero-order valence-electron chi connectivity index (χ0n) is 12.3. The van der Waals surface area contributed by atoms with Crippen LogP contribution in [-0.2, 0) is 0 Å². The van der Waals surface area contributed by atoms with Crippen molar-refractivity contribution in [1.29, 1.82) is 0 Å². The smallest absolute Gasteiger partial charge is 0.284 e. The van der Waals surface area contributed by atoms with Crippen molar-refractivity contribution in [1.82, 2.24) is 0 Å². The Morgan fingerprint density at radius 2 is 1.58 bits per heavy atom. The molecule has 0 radical (unpaired) electrons. The maximum atomic E-state index is 12.4. The molecule has 1 aliphatic rings. The Morgan fingerprint density at radius 3 is 2.38 bits per heavy atom. The second-order valence-corrected chi connectivity index (χ2v) is 5.33. The van der Waals surface area contributed by atoms with E-state index in [4.69, 9.17) is 0 Å². The molecule has 6 heteroatoms. The highest BCUT2D eigenvalue weighted by atomic mass is 16.3. The van der Waals surface area contributed by atoms with Gasteiger partial charge in [0, 0.05) is 6.07 Å². The van der Waals surface area contributed by atoms with E-state index in [9.17, 15) is 15.0 Å². The molecule has 0 unspecified atom stereocenters. The first-order chi connectivity index (χ1) is 11.6. The molecule has 0 aliphatic carbocycles. The van der Waals surface area contributed by atoms with Crippen LogP contribution in [0.3, 0.4) is 0 Å². The molecule has 0 spiro atoms. The first-order valence-electron chi connectivity index (χ1n) is 7.21. The minimum atomic E-state index is -0.627. The van der Waals surface area contributed by atoms with Crippen molar-refractivity contribution in [2.75, 3.05) is 0 Å². The van der Waals surface area contributed by atoms with Gasteiger partial charge >= 0.3 is 0 Å². The van der Waals surface area contributed by atoms with Gasteiger partial charge in [0.25, 0.3) is 11.9 Å². The van der Waals surface area contributed by atoms with Gasteiger partial charge in [0.2, 0.25) is 0 Å². The number of aliphatic imine (C=N–C) groups is 1. The lowest BCUT2D eigenvalue weighted by molar-refractivity contribution is 0.100. The number of carbonyl (C=O) groups is 1. The Labute approximate surface area is 135 Å². The number of fused-ring (bicyclic) bond motifs is 2. The average molecular weight is 317 g/mol.